The van der Waals surface area contributed by atoms with Gasteiger partial charge >= 0.3 is 0 Å². The molecule has 0 fully saturated rings. The van der Waals surface area contributed by atoms with E-state index in [9.17, 15) is 9.90 Å². The summed E-state index contributed by atoms with van der Waals surface area (Å²) in [6, 6.07) is 0. The predicted molar refractivity (Wildman–Crippen MR) is 59.3 cm³/mol. The van der Waals surface area contributed by atoms with E-state index in [1.165, 1.54) is 6.08 Å². The molecule has 15 heavy (non-hydrogen) atoms. The quantitative estimate of drug-likeness (QED) is 0.495. The molecule has 0 aromatic rings. The molecule has 0 aliphatic heterocycles. The molecule has 0 heterocycles. The molecule has 0 saturated carbocycles. The molecule has 0 radical (unpaired) electrons. The van der Waals surface area contributed by atoms with Crippen molar-refractivity contribution in [2.45, 2.75) is 45.5 Å². The number of carbonyl (C=O) groups excluding carboxylic acids is 1. The highest BCUT2D eigenvalue weighted by Crippen LogP contribution is 2.16. The summed E-state index contributed by atoms with van der Waals surface area (Å²) < 4.78 is 5.38. The molecule has 0 rings (SSSR count). The van der Waals surface area contributed by atoms with Crippen LogP contribution in [0.4, 0.5) is 0 Å². The van der Waals surface area contributed by atoms with Crippen molar-refractivity contribution in [2.75, 3.05) is 6.54 Å². The van der Waals surface area contributed by atoms with Gasteiger partial charge in [0.1, 0.15) is 0 Å². The van der Waals surface area contributed by atoms with Gasteiger partial charge < -0.3 is 15.2 Å². The fourth-order valence-corrected chi connectivity index (χ4v) is 0.902. The molecule has 0 aliphatic carbocycles. The van der Waals surface area contributed by atoms with Crippen molar-refractivity contribution in [1.29, 1.82) is 0 Å². The van der Waals surface area contributed by atoms with Gasteiger partial charge in [0.05, 0.1) is 5.60 Å². The second-order valence-electron chi connectivity index (χ2n) is 3.97. The molecule has 4 nitrogen and oxygen atoms in total. The van der Waals surface area contributed by atoms with Gasteiger partial charge in [0.2, 0.25) is 5.91 Å². The molecular weight excluding hydrogens is 194 g/mol. The van der Waals surface area contributed by atoms with Crippen LogP contribution in [0.15, 0.2) is 12.7 Å². The molecule has 1 unspecified atom stereocenters. The Bertz CT molecular complexity index is 214. The molecule has 0 bridgehead atoms. The summed E-state index contributed by atoms with van der Waals surface area (Å²) in [4.78, 5) is 10.8. The number of aliphatic hydroxyl groups excluding tert-OH is 1. The van der Waals surface area contributed by atoms with Crippen molar-refractivity contribution < 1.29 is 14.6 Å². The highest BCUT2D eigenvalue weighted by molar-refractivity contribution is 5.86. The minimum atomic E-state index is -0.843. The van der Waals surface area contributed by atoms with Crippen molar-refractivity contribution >= 4 is 5.91 Å². The minimum Gasteiger partial charge on any atom is -0.368 e. The lowest BCUT2D eigenvalue weighted by Gasteiger charge is -2.27. The summed E-state index contributed by atoms with van der Waals surface area (Å²) in [5, 5.41) is 12.1. The zero-order valence-electron chi connectivity index (χ0n) is 9.75. The Labute approximate surface area is 91.3 Å². The number of rotatable bonds is 7. The zero-order valence-corrected chi connectivity index (χ0v) is 9.75. The molecule has 88 valence electrons. The van der Waals surface area contributed by atoms with Crippen LogP contribution in [0.5, 0.6) is 0 Å². The molecule has 4 heteroatoms. The fourth-order valence-electron chi connectivity index (χ4n) is 0.902. The zero-order chi connectivity index (χ0) is 11.9. The van der Waals surface area contributed by atoms with Crippen LogP contribution in [-0.4, -0.2) is 29.4 Å². The molecule has 0 aromatic carbocycles. The second kappa shape index (κ2) is 6.58. The van der Waals surface area contributed by atoms with Crippen LogP contribution in [0.3, 0.4) is 0 Å². The summed E-state index contributed by atoms with van der Waals surface area (Å²) in [6.45, 7) is 9.53. The van der Waals surface area contributed by atoms with Crippen LogP contribution in [0.25, 0.3) is 0 Å². The molecule has 1 atom stereocenters. The molecule has 0 spiro atoms. The van der Waals surface area contributed by atoms with E-state index in [2.05, 4.69) is 11.9 Å². The average Bonchev–Trinajstić information content (AvgIpc) is 2.16. The van der Waals surface area contributed by atoms with Gasteiger partial charge in [0.25, 0.3) is 0 Å². The van der Waals surface area contributed by atoms with Gasteiger partial charge in [-0.05, 0) is 26.3 Å². The second-order valence-corrected chi connectivity index (χ2v) is 3.97. The maximum absolute atomic E-state index is 10.8. The number of nitrogens with one attached hydrogen (secondary N) is 1. The largest absolute Gasteiger partial charge is 0.368 e. The number of amides is 1. The van der Waals surface area contributed by atoms with E-state index in [0.717, 1.165) is 6.42 Å². The average molecular weight is 215 g/mol. The van der Waals surface area contributed by atoms with Crippen LogP contribution < -0.4 is 5.32 Å². The van der Waals surface area contributed by atoms with Crippen LogP contribution in [0.2, 0.25) is 0 Å². The Morgan fingerprint density at radius 3 is 2.73 bits per heavy atom. The summed E-state index contributed by atoms with van der Waals surface area (Å²) >= 11 is 0. The maximum atomic E-state index is 10.8. The normalized spacial score (nSPS) is 13.3. The lowest BCUT2D eigenvalue weighted by molar-refractivity contribution is -0.175. The van der Waals surface area contributed by atoms with Gasteiger partial charge in [-0.3, -0.25) is 4.79 Å². The van der Waals surface area contributed by atoms with E-state index in [1.54, 1.807) is 0 Å². The monoisotopic (exact) mass is 215 g/mol. The van der Waals surface area contributed by atoms with Gasteiger partial charge in [-0.15, -0.1) is 0 Å². The summed E-state index contributed by atoms with van der Waals surface area (Å²) in [5.74, 6) is -0.239. The van der Waals surface area contributed by atoms with Gasteiger partial charge in [-0.1, -0.05) is 13.5 Å². The van der Waals surface area contributed by atoms with E-state index >= 15 is 0 Å². The number of hydrogen-bond donors (Lipinski definition) is 2. The van der Waals surface area contributed by atoms with Gasteiger partial charge in [-0.2, -0.15) is 0 Å². The van der Waals surface area contributed by atoms with Crippen molar-refractivity contribution in [3.8, 4) is 0 Å². The summed E-state index contributed by atoms with van der Waals surface area (Å²) in [5.41, 5.74) is -0.331. The van der Waals surface area contributed by atoms with Crippen LogP contribution >= 0.6 is 0 Å². The molecule has 1 amide bonds. The first-order chi connectivity index (χ1) is 6.91. The fraction of sp³-hybridized carbons (Fsp3) is 0.727. The SMILES string of the molecule is C=CC(=O)NCCC(O)OC(C)(C)CC. The van der Waals surface area contributed by atoms with Gasteiger partial charge in [0, 0.05) is 13.0 Å². The van der Waals surface area contributed by atoms with E-state index in [1.807, 2.05) is 20.8 Å². The Morgan fingerprint density at radius 2 is 2.27 bits per heavy atom. The van der Waals surface area contributed by atoms with Gasteiger partial charge in [-0.25, -0.2) is 0 Å². The standard InChI is InChI=1S/C11H21NO3/c1-5-9(13)12-8-7-10(14)15-11(3,4)6-2/h5,10,14H,1,6-8H2,2-4H3,(H,12,13). The van der Waals surface area contributed by atoms with Crippen molar-refractivity contribution in [2.24, 2.45) is 0 Å². The van der Waals surface area contributed by atoms with Crippen LogP contribution in [0.1, 0.15) is 33.6 Å². The minimum absolute atomic E-state index is 0.239. The highest BCUT2D eigenvalue weighted by Gasteiger charge is 2.19. The van der Waals surface area contributed by atoms with Crippen molar-refractivity contribution in [3.05, 3.63) is 12.7 Å². The van der Waals surface area contributed by atoms with Crippen LogP contribution in [0, 0.1) is 0 Å². The van der Waals surface area contributed by atoms with Crippen molar-refractivity contribution in [3.63, 3.8) is 0 Å². The van der Waals surface area contributed by atoms with E-state index in [4.69, 9.17) is 4.74 Å². The first-order valence-corrected chi connectivity index (χ1v) is 5.17. The summed E-state index contributed by atoms with van der Waals surface area (Å²) in [6.07, 6.45) is 1.56. The van der Waals surface area contributed by atoms with E-state index in [-0.39, 0.29) is 11.5 Å². The first kappa shape index (κ1) is 14.1. The highest BCUT2D eigenvalue weighted by atomic mass is 16.6. The predicted octanol–water partition coefficient (Wildman–Crippen LogP) is 1.20. The topological polar surface area (TPSA) is 58.6 Å². The third-order valence-corrected chi connectivity index (χ3v) is 2.18. The number of ether oxygens (including phenoxy) is 1. The molecule has 0 saturated heterocycles. The smallest absolute Gasteiger partial charge is 0.243 e. The van der Waals surface area contributed by atoms with Crippen molar-refractivity contribution in [1.82, 2.24) is 5.32 Å². The molecule has 0 aromatic heterocycles. The lowest BCUT2D eigenvalue weighted by Crippen LogP contribution is -2.33. The Balaban J connectivity index is 3.70. The third kappa shape index (κ3) is 7.11. The summed E-state index contributed by atoms with van der Waals surface area (Å²) in [7, 11) is 0. The van der Waals surface area contributed by atoms with E-state index in [0.29, 0.717) is 13.0 Å². The Morgan fingerprint density at radius 1 is 1.67 bits per heavy atom. The number of carbonyl (C=O) groups is 1. The Hall–Kier alpha value is -0.870. The maximum Gasteiger partial charge on any atom is 0.243 e. The molecular formula is C11H21NO3. The Kier molecular flexibility index (Phi) is 6.20. The molecule has 2 N–H and O–H groups in total. The third-order valence-electron chi connectivity index (χ3n) is 2.18. The van der Waals surface area contributed by atoms with Gasteiger partial charge in [0.15, 0.2) is 6.29 Å². The first-order valence-electron chi connectivity index (χ1n) is 5.17. The lowest BCUT2D eigenvalue weighted by atomic mass is 10.1. The van der Waals surface area contributed by atoms with Crippen LogP contribution in [-0.2, 0) is 9.53 Å². The number of hydrogen-bond acceptors (Lipinski definition) is 3. The number of aliphatic hydroxyl groups is 1. The molecule has 0 aliphatic rings. The van der Waals surface area contributed by atoms with E-state index < -0.39 is 6.29 Å².